The molecule has 82 valence electrons. The number of rotatable bonds is 3. The number of hydrogen-bond acceptors (Lipinski definition) is 5. The van der Waals surface area contributed by atoms with Crippen LogP contribution in [-0.2, 0) is 19.0 Å². The average Bonchev–Trinajstić information content (AvgIpc) is 2.16. The summed E-state index contributed by atoms with van der Waals surface area (Å²) in [6.45, 7) is 0.100. The fourth-order valence-corrected chi connectivity index (χ4v) is 1.49. The van der Waals surface area contributed by atoms with Gasteiger partial charge in [0.15, 0.2) is 6.10 Å². The minimum atomic E-state index is -1.24. The largest absolute Gasteiger partial charge is 0.479 e. The number of carboxylic acids is 1. The lowest BCUT2D eigenvalue weighted by Crippen LogP contribution is -2.56. The zero-order chi connectivity index (χ0) is 10.7. The molecule has 6 nitrogen and oxygen atoms in total. The topological polar surface area (TPSA) is 85.2 Å². The molecule has 0 radical (unpaired) electrons. The standard InChI is InChI=1S/C8H14O6/c1-12-4-3-14-7(8(10)11)5(9)6(4)13-2/h4-7,9H,3H2,1-2H3,(H,10,11)/t4?,5-,6?,7?/m1/s1. The number of hydrogen-bond donors (Lipinski definition) is 2. The van der Waals surface area contributed by atoms with Gasteiger partial charge in [-0.15, -0.1) is 0 Å². The van der Waals surface area contributed by atoms with Crippen molar-refractivity contribution < 1.29 is 29.2 Å². The molecule has 0 aromatic carbocycles. The second kappa shape index (κ2) is 4.70. The van der Waals surface area contributed by atoms with E-state index in [1.165, 1.54) is 14.2 Å². The molecule has 0 spiro atoms. The average molecular weight is 206 g/mol. The molecule has 0 aromatic rings. The van der Waals surface area contributed by atoms with Crippen LogP contribution in [0.5, 0.6) is 0 Å². The maximum Gasteiger partial charge on any atom is 0.335 e. The van der Waals surface area contributed by atoms with Crippen LogP contribution in [0.3, 0.4) is 0 Å². The van der Waals surface area contributed by atoms with Gasteiger partial charge in [-0.05, 0) is 0 Å². The molecule has 3 unspecified atom stereocenters. The third-order valence-electron chi connectivity index (χ3n) is 2.27. The van der Waals surface area contributed by atoms with Crippen molar-refractivity contribution in [1.82, 2.24) is 0 Å². The van der Waals surface area contributed by atoms with Crippen molar-refractivity contribution in [1.29, 1.82) is 0 Å². The second-order valence-electron chi connectivity index (χ2n) is 3.06. The summed E-state index contributed by atoms with van der Waals surface area (Å²) >= 11 is 0. The molecule has 1 rings (SSSR count). The number of methoxy groups -OCH3 is 2. The maximum absolute atomic E-state index is 10.6. The van der Waals surface area contributed by atoms with Crippen molar-refractivity contribution in [2.24, 2.45) is 0 Å². The first-order valence-electron chi connectivity index (χ1n) is 4.20. The summed E-state index contributed by atoms with van der Waals surface area (Å²) in [6, 6.07) is 0. The quantitative estimate of drug-likeness (QED) is 0.607. The predicted octanol–water partition coefficient (Wildman–Crippen LogP) is -1.14. The van der Waals surface area contributed by atoms with Crippen LogP contribution >= 0.6 is 0 Å². The second-order valence-corrected chi connectivity index (χ2v) is 3.06. The van der Waals surface area contributed by atoms with Crippen LogP contribution in [0.1, 0.15) is 0 Å². The number of carbonyl (C=O) groups is 1. The molecule has 1 heterocycles. The highest BCUT2D eigenvalue weighted by Crippen LogP contribution is 2.19. The number of aliphatic hydroxyl groups excluding tert-OH is 1. The van der Waals surface area contributed by atoms with E-state index in [2.05, 4.69) is 0 Å². The van der Waals surface area contributed by atoms with E-state index in [0.717, 1.165) is 0 Å². The number of aliphatic hydroxyl groups is 1. The fourth-order valence-electron chi connectivity index (χ4n) is 1.49. The lowest BCUT2D eigenvalue weighted by atomic mass is 10.00. The minimum Gasteiger partial charge on any atom is -0.479 e. The van der Waals surface area contributed by atoms with Gasteiger partial charge >= 0.3 is 5.97 Å². The maximum atomic E-state index is 10.6. The van der Waals surface area contributed by atoms with Gasteiger partial charge in [-0.2, -0.15) is 0 Å². The van der Waals surface area contributed by atoms with Gasteiger partial charge in [0.2, 0.25) is 0 Å². The lowest BCUT2D eigenvalue weighted by Gasteiger charge is -2.36. The highest BCUT2D eigenvalue weighted by atomic mass is 16.6. The lowest BCUT2D eigenvalue weighted by molar-refractivity contribution is -0.212. The smallest absolute Gasteiger partial charge is 0.335 e. The van der Waals surface area contributed by atoms with Crippen molar-refractivity contribution >= 4 is 5.97 Å². The van der Waals surface area contributed by atoms with Crippen molar-refractivity contribution in [3.8, 4) is 0 Å². The van der Waals surface area contributed by atoms with E-state index in [9.17, 15) is 9.90 Å². The highest BCUT2D eigenvalue weighted by Gasteiger charge is 2.43. The van der Waals surface area contributed by atoms with E-state index < -0.39 is 30.4 Å². The summed E-state index contributed by atoms with van der Waals surface area (Å²) < 4.78 is 14.9. The first-order valence-corrected chi connectivity index (χ1v) is 4.20. The molecule has 0 bridgehead atoms. The molecule has 0 amide bonds. The molecule has 2 N–H and O–H groups in total. The van der Waals surface area contributed by atoms with Gasteiger partial charge in [0.05, 0.1) is 6.61 Å². The Hall–Kier alpha value is -0.690. The predicted molar refractivity (Wildman–Crippen MR) is 45.0 cm³/mol. The third-order valence-corrected chi connectivity index (χ3v) is 2.27. The Morgan fingerprint density at radius 1 is 1.43 bits per heavy atom. The molecule has 0 saturated carbocycles. The minimum absolute atomic E-state index is 0.100. The normalized spacial score (nSPS) is 38.2. The monoisotopic (exact) mass is 206 g/mol. The molecule has 1 fully saturated rings. The molecule has 0 aliphatic carbocycles. The van der Waals surface area contributed by atoms with E-state index >= 15 is 0 Å². The SMILES string of the molecule is COC1COC(C(=O)O)[C@H](O)C1OC. The van der Waals surface area contributed by atoms with Gasteiger partial charge in [-0.3, -0.25) is 0 Å². The van der Waals surface area contributed by atoms with Crippen molar-refractivity contribution in [3.63, 3.8) is 0 Å². The van der Waals surface area contributed by atoms with Gasteiger partial charge in [0.25, 0.3) is 0 Å². The summed E-state index contributed by atoms with van der Waals surface area (Å²) in [6.07, 6.45) is -3.57. The molecule has 1 aliphatic heterocycles. The van der Waals surface area contributed by atoms with E-state index in [-0.39, 0.29) is 6.61 Å². The van der Waals surface area contributed by atoms with Crippen LogP contribution in [0.4, 0.5) is 0 Å². The van der Waals surface area contributed by atoms with E-state index in [1.54, 1.807) is 0 Å². The molecular formula is C8H14O6. The Kier molecular flexibility index (Phi) is 3.82. The van der Waals surface area contributed by atoms with Crippen LogP contribution < -0.4 is 0 Å². The van der Waals surface area contributed by atoms with Gasteiger partial charge < -0.3 is 24.4 Å². The molecule has 1 aliphatic rings. The van der Waals surface area contributed by atoms with E-state index in [4.69, 9.17) is 19.3 Å². The Balaban J connectivity index is 2.70. The Labute approximate surface area is 81.4 Å². The number of carboxylic acid groups (broad SMARTS) is 1. The molecule has 0 aromatic heterocycles. The van der Waals surface area contributed by atoms with Gasteiger partial charge in [0, 0.05) is 14.2 Å². The third kappa shape index (κ3) is 2.03. The molecule has 1 saturated heterocycles. The first-order chi connectivity index (χ1) is 6.61. The summed E-state index contributed by atoms with van der Waals surface area (Å²) in [5, 5.41) is 18.3. The van der Waals surface area contributed by atoms with Crippen LogP contribution in [0, 0.1) is 0 Å². The number of aliphatic carboxylic acids is 1. The zero-order valence-corrected chi connectivity index (χ0v) is 8.04. The van der Waals surface area contributed by atoms with Gasteiger partial charge in [-0.25, -0.2) is 4.79 Å². The van der Waals surface area contributed by atoms with Crippen molar-refractivity contribution in [3.05, 3.63) is 0 Å². The zero-order valence-electron chi connectivity index (χ0n) is 8.04. The molecule has 14 heavy (non-hydrogen) atoms. The summed E-state index contributed by atoms with van der Waals surface area (Å²) in [5.74, 6) is -1.20. The Morgan fingerprint density at radius 2 is 2.07 bits per heavy atom. The van der Waals surface area contributed by atoms with Crippen molar-refractivity contribution in [2.75, 3.05) is 20.8 Å². The molecule has 6 heteroatoms. The van der Waals surface area contributed by atoms with Crippen LogP contribution in [0.2, 0.25) is 0 Å². The fraction of sp³-hybridized carbons (Fsp3) is 0.875. The first kappa shape index (κ1) is 11.4. The van der Waals surface area contributed by atoms with Crippen molar-refractivity contribution in [2.45, 2.75) is 24.4 Å². The molecular weight excluding hydrogens is 192 g/mol. The summed E-state index contributed by atoms with van der Waals surface area (Å²) in [7, 11) is 2.85. The van der Waals surface area contributed by atoms with Crippen LogP contribution in [0.15, 0.2) is 0 Å². The summed E-state index contributed by atoms with van der Waals surface area (Å²) in [4.78, 5) is 10.6. The van der Waals surface area contributed by atoms with E-state index in [0.29, 0.717) is 0 Å². The van der Waals surface area contributed by atoms with E-state index in [1.807, 2.05) is 0 Å². The number of ether oxygens (including phenoxy) is 3. The Morgan fingerprint density at radius 3 is 2.50 bits per heavy atom. The molecule has 4 atom stereocenters. The Bertz CT molecular complexity index is 206. The van der Waals surface area contributed by atoms with Crippen LogP contribution in [-0.4, -0.2) is 61.4 Å². The highest BCUT2D eigenvalue weighted by molar-refractivity contribution is 5.73. The van der Waals surface area contributed by atoms with Gasteiger partial charge in [0.1, 0.15) is 18.3 Å². The van der Waals surface area contributed by atoms with Gasteiger partial charge in [-0.1, -0.05) is 0 Å². The summed E-state index contributed by atoms with van der Waals surface area (Å²) in [5.41, 5.74) is 0. The van der Waals surface area contributed by atoms with Crippen LogP contribution in [0.25, 0.3) is 0 Å².